The van der Waals surface area contributed by atoms with Gasteiger partial charge in [-0.2, -0.15) is 0 Å². The summed E-state index contributed by atoms with van der Waals surface area (Å²) < 4.78 is 0. The molecule has 5 nitrogen and oxygen atoms in total. The van der Waals surface area contributed by atoms with E-state index in [0.717, 1.165) is 54.0 Å². The van der Waals surface area contributed by atoms with Crippen LogP contribution in [0.3, 0.4) is 0 Å². The summed E-state index contributed by atoms with van der Waals surface area (Å²) in [5.41, 5.74) is 7.36. The number of hydrogen-bond acceptors (Lipinski definition) is 4. The minimum atomic E-state index is -0.227. The van der Waals surface area contributed by atoms with E-state index >= 15 is 0 Å². The average Bonchev–Trinajstić information content (AvgIpc) is 2.67. The molecule has 0 saturated carbocycles. The highest BCUT2D eigenvalue weighted by atomic mass is 16.1. The third-order valence-electron chi connectivity index (χ3n) is 4.92. The minimum absolute atomic E-state index is 0.227. The molecule has 1 amide bonds. The van der Waals surface area contributed by atoms with E-state index in [-0.39, 0.29) is 11.8 Å². The largest absolute Gasteiger partial charge is 0.370 e. The number of amides is 1. The number of carbonyl (C=O) groups excluding carboxylic acids is 1. The third kappa shape index (κ3) is 3.38. The van der Waals surface area contributed by atoms with E-state index in [1.165, 1.54) is 0 Å². The van der Waals surface area contributed by atoms with Gasteiger partial charge in [-0.15, -0.1) is 0 Å². The number of aromatic nitrogens is 2. The van der Waals surface area contributed by atoms with Crippen LogP contribution in [0.1, 0.15) is 19.3 Å². The SMILES string of the molecule is NC(=O)CC1CCCN(c2nc(-c3ccccc3)nc3ccccc23)C1. The quantitative estimate of drug-likeness (QED) is 0.786. The second-order valence-corrected chi connectivity index (χ2v) is 6.88. The zero-order valence-electron chi connectivity index (χ0n) is 14.6. The highest BCUT2D eigenvalue weighted by molar-refractivity contribution is 5.91. The molecule has 1 unspecified atom stereocenters. The molecule has 0 radical (unpaired) electrons. The molecule has 0 bridgehead atoms. The predicted molar refractivity (Wildman–Crippen MR) is 104 cm³/mol. The number of hydrogen-bond donors (Lipinski definition) is 1. The van der Waals surface area contributed by atoms with Crippen molar-refractivity contribution in [2.45, 2.75) is 19.3 Å². The lowest BCUT2D eigenvalue weighted by atomic mass is 9.94. The van der Waals surface area contributed by atoms with Gasteiger partial charge in [0.05, 0.1) is 5.52 Å². The van der Waals surface area contributed by atoms with Gasteiger partial charge in [0.25, 0.3) is 0 Å². The number of nitrogens with two attached hydrogens (primary N) is 1. The molecule has 2 N–H and O–H groups in total. The number of carbonyl (C=O) groups is 1. The normalized spacial score (nSPS) is 17.4. The maximum Gasteiger partial charge on any atom is 0.217 e. The van der Waals surface area contributed by atoms with Gasteiger partial charge in [0, 0.05) is 30.5 Å². The zero-order chi connectivity index (χ0) is 17.9. The Balaban J connectivity index is 1.77. The van der Waals surface area contributed by atoms with E-state index in [4.69, 9.17) is 15.7 Å². The number of fused-ring (bicyclic) bond motifs is 1. The average molecular weight is 346 g/mol. The van der Waals surface area contributed by atoms with Crippen LogP contribution in [0, 0.1) is 5.92 Å². The van der Waals surface area contributed by atoms with Crippen molar-refractivity contribution in [1.29, 1.82) is 0 Å². The smallest absolute Gasteiger partial charge is 0.217 e. The van der Waals surface area contributed by atoms with Crippen LogP contribution in [0.15, 0.2) is 54.6 Å². The molecule has 1 fully saturated rings. The summed E-state index contributed by atoms with van der Waals surface area (Å²) in [6.07, 6.45) is 2.51. The summed E-state index contributed by atoms with van der Waals surface area (Å²) in [5.74, 6) is 1.74. The van der Waals surface area contributed by atoms with Crippen molar-refractivity contribution in [1.82, 2.24) is 9.97 Å². The lowest BCUT2D eigenvalue weighted by molar-refractivity contribution is -0.118. The number of primary amides is 1. The first-order valence-electron chi connectivity index (χ1n) is 9.06. The molecule has 1 aromatic heterocycles. The molecular formula is C21H22N4O. The summed E-state index contributed by atoms with van der Waals surface area (Å²) in [6.45, 7) is 1.74. The Kier molecular flexibility index (Phi) is 4.52. The molecule has 2 heterocycles. The maximum atomic E-state index is 11.3. The van der Waals surface area contributed by atoms with E-state index in [1.54, 1.807) is 0 Å². The number of para-hydroxylation sites is 1. The number of benzene rings is 2. The lowest BCUT2D eigenvalue weighted by Crippen LogP contribution is -2.37. The van der Waals surface area contributed by atoms with Crippen molar-refractivity contribution in [2.75, 3.05) is 18.0 Å². The summed E-state index contributed by atoms with van der Waals surface area (Å²) in [7, 11) is 0. The van der Waals surface area contributed by atoms with E-state index < -0.39 is 0 Å². The molecule has 1 saturated heterocycles. The molecule has 2 aromatic carbocycles. The minimum Gasteiger partial charge on any atom is -0.370 e. The molecule has 1 atom stereocenters. The Labute approximate surface area is 152 Å². The molecule has 4 rings (SSSR count). The zero-order valence-corrected chi connectivity index (χ0v) is 14.6. The fraction of sp³-hybridized carbons (Fsp3) is 0.286. The van der Waals surface area contributed by atoms with Crippen molar-refractivity contribution < 1.29 is 4.79 Å². The van der Waals surface area contributed by atoms with Gasteiger partial charge in [-0.1, -0.05) is 42.5 Å². The van der Waals surface area contributed by atoms with Gasteiger partial charge < -0.3 is 10.6 Å². The summed E-state index contributed by atoms with van der Waals surface area (Å²) >= 11 is 0. The predicted octanol–water partition coefficient (Wildman–Crippen LogP) is 3.39. The molecule has 5 heteroatoms. The van der Waals surface area contributed by atoms with Crippen molar-refractivity contribution in [3.05, 3.63) is 54.6 Å². The van der Waals surface area contributed by atoms with Crippen LogP contribution in [0.5, 0.6) is 0 Å². The first-order chi connectivity index (χ1) is 12.7. The Bertz CT molecular complexity index is 926. The van der Waals surface area contributed by atoms with E-state index in [2.05, 4.69) is 11.0 Å². The van der Waals surface area contributed by atoms with Crippen LogP contribution in [-0.2, 0) is 4.79 Å². The number of rotatable bonds is 4. The van der Waals surface area contributed by atoms with Crippen LogP contribution in [0.4, 0.5) is 5.82 Å². The number of piperidine rings is 1. The van der Waals surface area contributed by atoms with Crippen LogP contribution < -0.4 is 10.6 Å². The van der Waals surface area contributed by atoms with E-state index in [1.807, 2.05) is 48.5 Å². The van der Waals surface area contributed by atoms with Gasteiger partial charge >= 0.3 is 0 Å². The Hall–Kier alpha value is -2.95. The molecular weight excluding hydrogens is 324 g/mol. The van der Waals surface area contributed by atoms with Gasteiger partial charge in [-0.25, -0.2) is 9.97 Å². The van der Waals surface area contributed by atoms with Crippen LogP contribution in [-0.4, -0.2) is 29.0 Å². The Morgan fingerprint density at radius 3 is 2.65 bits per heavy atom. The second kappa shape index (κ2) is 7.12. The molecule has 132 valence electrons. The van der Waals surface area contributed by atoms with Gasteiger partial charge in [0.15, 0.2) is 5.82 Å². The monoisotopic (exact) mass is 346 g/mol. The van der Waals surface area contributed by atoms with Crippen LogP contribution in [0.2, 0.25) is 0 Å². The lowest BCUT2D eigenvalue weighted by Gasteiger charge is -2.34. The van der Waals surface area contributed by atoms with E-state index in [9.17, 15) is 4.79 Å². The molecule has 0 aliphatic carbocycles. The van der Waals surface area contributed by atoms with Gasteiger partial charge in [0.2, 0.25) is 5.91 Å². The topological polar surface area (TPSA) is 72.1 Å². The van der Waals surface area contributed by atoms with Crippen LogP contribution in [0.25, 0.3) is 22.3 Å². The summed E-state index contributed by atoms with van der Waals surface area (Å²) in [4.78, 5) is 23.3. The van der Waals surface area contributed by atoms with Crippen molar-refractivity contribution in [3.63, 3.8) is 0 Å². The first kappa shape index (κ1) is 16.5. The molecule has 1 aliphatic rings. The third-order valence-corrected chi connectivity index (χ3v) is 4.92. The fourth-order valence-corrected chi connectivity index (χ4v) is 3.73. The van der Waals surface area contributed by atoms with Gasteiger partial charge in [-0.05, 0) is 30.9 Å². The first-order valence-corrected chi connectivity index (χ1v) is 9.06. The standard InChI is InChI=1S/C21H22N4O/c22-19(26)13-15-7-6-12-25(14-15)21-17-10-4-5-11-18(17)23-20(24-21)16-8-2-1-3-9-16/h1-5,8-11,15H,6-7,12-14H2,(H2,22,26). The summed E-state index contributed by atoms with van der Waals surface area (Å²) in [5, 5.41) is 1.05. The molecule has 26 heavy (non-hydrogen) atoms. The Morgan fingerprint density at radius 1 is 1.08 bits per heavy atom. The highest BCUT2D eigenvalue weighted by Crippen LogP contribution is 2.31. The number of nitrogens with zero attached hydrogens (tertiary/aromatic N) is 3. The van der Waals surface area contributed by atoms with Crippen molar-refractivity contribution in [2.24, 2.45) is 11.7 Å². The Morgan fingerprint density at radius 2 is 1.85 bits per heavy atom. The molecule has 0 spiro atoms. The van der Waals surface area contributed by atoms with Gasteiger partial charge in [-0.3, -0.25) is 4.79 Å². The second-order valence-electron chi connectivity index (χ2n) is 6.88. The highest BCUT2D eigenvalue weighted by Gasteiger charge is 2.24. The van der Waals surface area contributed by atoms with Crippen LogP contribution >= 0.6 is 0 Å². The summed E-state index contributed by atoms with van der Waals surface area (Å²) in [6, 6.07) is 18.1. The van der Waals surface area contributed by atoms with Crippen molar-refractivity contribution in [3.8, 4) is 11.4 Å². The molecule has 3 aromatic rings. The molecule has 1 aliphatic heterocycles. The fourth-order valence-electron chi connectivity index (χ4n) is 3.73. The van der Waals surface area contributed by atoms with Gasteiger partial charge in [0.1, 0.15) is 5.82 Å². The van der Waals surface area contributed by atoms with E-state index in [0.29, 0.717) is 6.42 Å². The maximum absolute atomic E-state index is 11.3. The number of anilines is 1. The van der Waals surface area contributed by atoms with Crippen molar-refractivity contribution >= 4 is 22.6 Å².